The normalized spacial score (nSPS) is 21.5. The minimum absolute atomic E-state index is 0.262. The second-order valence-electron chi connectivity index (χ2n) is 3.98. The molecule has 0 radical (unpaired) electrons. The van der Waals surface area contributed by atoms with Crippen molar-refractivity contribution in [1.82, 2.24) is 5.32 Å². The molecule has 2 N–H and O–H groups in total. The highest BCUT2D eigenvalue weighted by Gasteiger charge is 2.31. The summed E-state index contributed by atoms with van der Waals surface area (Å²) in [6.07, 6.45) is 3.48. The largest absolute Gasteiger partial charge is 0.396 e. The summed E-state index contributed by atoms with van der Waals surface area (Å²) in [5.74, 6) is 0.807. The highest BCUT2D eigenvalue weighted by molar-refractivity contribution is 4.87. The van der Waals surface area contributed by atoms with Crippen LogP contribution in [0.5, 0.6) is 0 Å². The lowest BCUT2D eigenvalue weighted by Crippen LogP contribution is -2.41. The molecule has 1 fully saturated rings. The van der Waals surface area contributed by atoms with E-state index in [1.54, 1.807) is 7.11 Å². The summed E-state index contributed by atoms with van der Waals surface area (Å²) in [7, 11) is 1.74. The van der Waals surface area contributed by atoms with Gasteiger partial charge in [-0.25, -0.2) is 0 Å². The highest BCUT2D eigenvalue weighted by Crippen LogP contribution is 2.32. The van der Waals surface area contributed by atoms with Gasteiger partial charge in [-0.1, -0.05) is 0 Å². The van der Waals surface area contributed by atoms with Crippen LogP contribution in [0.15, 0.2) is 0 Å². The topological polar surface area (TPSA) is 41.5 Å². The predicted octanol–water partition coefficient (Wildman–Crippen LogP) is 0.772. The van der Waals surface area contributed by atoms with Crippen LogP contribution in [0.25, 0.3) is 0 Å². The Labute approximate surface area is 80.5 Å². The number of methoxy groups -OCH3 is 1. The van der Waals surface area contributed by atoms with E-state index in [-0.39, 0.29) is 6.61 Å². The van der Waals surface area contributed by atoms with Crippen LogP contribution in [0.4, 0.5) is 0 Å². The molecule has 3 heteroatoms. The van der Waals surface area contributed by atoms with E-state index in [1.807, 2.05) is 0 Å². The highest BCUT2D eigenvalue weighted by atomic mass is 16.5. The first kappa shape index (κ1) is 11.0. The molecule has 0 saturated heterocycles. The van der Waals surface area contributed by atoms with Crippen molar-refractivity contribution in [2.75, 3.05) is 20.3 Å². The zero-order valence-electron chi connectivity index (χ0n) is 8.62. The number of rotatable bonds is 7. The summed E-state index contributed by atoms with van der Waals surface area (Å²) in [6, 6.07) is 0.886. The van der Waals surface area contributed by atoms with Crippen LogP contribution >= 0.6 is 0 Å². The fourth-order valence-corrected chi connectivity index (χ4v) is 1.64. The minimum atomic E-state index is 0.262. The van der Waals surface area contributed by atoms with Gasteiger partial charge in [-0.3, -0.25) is 0 Å². The Morgan fingerprint density at radius 2 is 2.23 bits per heavy atom. The molecule has 1 rings (SSSR count). The van der Waals surface area contributed by atoms with Crippen molar-refractivity contribution in [3.63, 3.8) is 0 Å². The van der Waals surface area contributed by atoms with Crippen LogP contribution in [-0.4, -0.2) is 37.5 Å². The van der Waals surface area contributed by atoms with Gasteiger partial charge in [0.2, 0.25) is 0 Å². The van der Waals surface area contributed by atoms with E-state index in [0.717, 1.165) is 18.9 Å². The SMILES string of the molecule is COCC(N[C@H](C)CCO)C1CC1. The fraction of sp³-hybridized carbons (Fsp3) is 1.00. The second kappa shape index (κ2) is 5.58. The number of ether oxygens (including phenoxy) is 1. The van der Waals surface area contributed by atoms with Crippen molar-refractivity contribution in [1.29, 1.82) is 0 Å². The van der Waals surface area contributed by atoms with Crippen molar-refractivity contribution in [3.8, 4) is 0 Å². The van der Waals surface area contributed by atoms with Gasteiger partial charge >= 0.3 is 0 Å². The fourth-order valence-electron chi connectivity index (χ4n) is 1.64. The summed E-state index contributed by atoms with van der Waals surface area (Å²) in [5, 5.41) is 12.3. The molecule has 13 heavy (non-hydrogen) atoms. The summed E-state index contributed by atoms with van der Waals surface area (Å²) in [4.78, 5) is 0. The molecular weight excluding hydrogens is 166 g/mol. The van der Waals surface area contributed by atoms with E-state index in [4.69, 9.17) is 9.84 Å². The molecule has 0 aromatic heterocycles. The third-order valence-corrected chi connectivity index (χ3v) is 2.60. The zero-order valence-corrected chi connectivity index (χ0v) is 8.62. The first-order valence-corrected chi connectivity index (χ1v) is 5.13. The van der Waals surface area contributed by atoms with Crippen LogP contribution in [0, 0.1) is 5.92 Å². The number of hydrogen-bond donors (Lipinski definition) is 2. The van der Waals surface area contributed by atoms with Gasteiger partial charge in [0.15, 0.2) is 0 Å². The Kier molecular flexibility index (Phi) is 4.70. The summed E-state index contributed by atoms with van der Waals surface area (Å²) >= 11 is 0. The van der Waals surface area contributed by atoms with Gasteiger partial charge in [0, 0.05) is 25.8 Å². The van der Waals surface area contributed by atoms with Gasteiger partial charge in [0.05, 0.1) is 6.61 Å². The monoisotopic (exact) mass is 187 g/mol. The maximum absolute atomic E-state index is 8.76. The Hall–Kier alpha value is -0.120. The summed E-state index contributed by atoms with van der Waals surface area (Å²) in [5.41, 5.74) is 0. The molecule has 0 aliphatic heterocycles. The molecule has 1 unspecified atom stereocenters. The molecule has 1 aliphatic rings. The van der Waals surface area contributed by atoms with Gasteiger partial charge < -0.3 is 15.2 Å². The molecule has 0 spiro atoms. The van der Waals surface area contributed by atoms with Crippen molar-refractivity contribution >= 4 is 0 Å². The Bertz CT molecular complexity index is 137. The second-order valence-corrected chi connectivity index (χ2v) is 3.98. The standard InChI is InChI=1S/C10H21NO2/c1-8(5-6-12)11-10(7-13-2)9-3-4-9/h8-12H,3-7H2,1-2H3/t8-,10?/m1/s1. The number of nitrogens with one attached hydrogen (secondary N) is 1. The number of aliphatic hydroxyl groups is 1. The van der Waals surface area contributed by atoms with E-state index < -0.39 is 0 Å². The first-order valence-electron chi connectivity index (χ1n) is 5.13. The molecule has 78 valence electrons. The molecule has 0 aromatic rings. The summed E-state index contributed by atoms with van der Waals surface area (Å²) < 4.78 is 5.16. The van der Waals surface area contributed by atoms with Gasteiger partial charge in [-0.2, -0.15) is 0 Å². The number of hydrogen-bond acceptors (Lipinski definition) is 3. The summed E-state index contributed by atoms with van der Waals surface area (Å²) in [6.45, 7) is 3.17. The average molecular weight is 187 g/mol. The van der Waals surface area contributed by atoms with Gasteiger partial charge in [-0.15, -0.1) is 0 Å². The van der Waals surface area contributed by atoms with Gasteiger partial charge in [0.25, 0.3) is 0 Å². The van der Waals surface area contributed by atoms with Crippen LogP contribution in [0.1, 0.15) is 26.2 Å². The minimum Gasteiger partial charge on any atom is -0.396 e. The smallest absolute Gasteiger partial charge is 0.0618 e. The Morgan fingerprint density at radius 1 is 1.54 bits per heavy atom. The molecular formula is C10H21NO2. The van der Waals surface area contributed by atoms with E-state index in [0.29, 0.717) is 12.1 Å². The van der Waals surface area contributed by atoms with Crippen molar-refractivity contribution < 1.29 is 9.84 Å². The van der Waals surface area contributed by atoms with Crippen molar-refractivity contribution in [2.24, 2.45) is 5.92 Å². The lowest BCUT2D eigenvalue weighted by molar-refractivity contribution is 0.148. The number of aliphatic hydroxyl groups excluding tert-OH is 1. The maximum Gasteiger partial charge on any atom is 0.0618 e. The average Bonchev–Trinajstić information content (AvgIpc) is 2.86. The van der Waals surface area contributed by atoms with Crippen LogP contribution in [0.3, 0.4) is 0 Å². The Morgan fingerprint density at radius 3 is 2.69 bits per heavy atom. The predicted molar refractivity (Wildman–Crippen MR) is 52.7 cm³/mol. The van der Waals surface area contributed by atoms with E-state index in [2.05, 4.69) is 12.2 Å². The van der Waals surface area contributed by atoms with E-state index >= 15 is 0 Å². The lowest BCUT2D eigenvalue weighted by atomic mass is 10.1. The van der Waals surface area contributed by atoms with Crippen LogP contribution in [0.2, 0.25) is 0 Å². The van der Waals surface area contributed by atoms with E-state index in [9.17, 15) is 0 Å². The van der Waals surface area contributed by atoms with Crippen molar-refractivity contribution in [3.05, 3.63) is 0 Å². The van der Waals surface area contributed by atoms with Crippen LogP contribution in [-0.2, 0) is 4.74 Å². The first-order chi connectivity index (χ1) is 6.27. The molecule has 3 nitrogen and oxygen atoms in total. The zero-order chi connectivity index (χ0) is 9.68. The van der Waals surface area contributed by atoms with Gasteiger partial charge in [-0.05, 0) is 32.1 Å². The van der Waals surface area contributed by atoms with Gasteiger partial charge in [0.1, 0.15) is 0 Å². The molecule has 1 aliphatic carbocycles. The molecule has 2 atom stereocenters. The van der Waals surface area contributed by atoms with Crippen LogP contribution < -0.4 is 5.32 Å². The quantitative estimate of drug-likeness (QED) is 0.618. The lowest BCUT2D eigenvalue weighted by Gasteiger charge is -2.22. The molecule has 0 bridgehead atoms. The van der Waals surface area contributed by atoms with E-state index in [1.165, 1.54) is 12.8 Å². The van der Waals surface area contributed by atoms with Crippen molar-refractivity contribution in [2.45, 2.75) is 38.3 Å². The molecule has 0 aromatic carbocycles. The third-order valence-electron chi connectivity index (χ3n) is 2.60. The molecule has 0 heterocycles. The third kappa shape index (κ3) is 4.07. The molecule has 0 amide bonds. The maximum atomic E-state index is 8.76. The molecule has 1 saturated carbocycles. The Balaban J connectivity index is 2.20.